The molecule has 2 aromatic carbocycles. The number of carbonyl (C=O) groups excluding carboxylic acids is 1. The van der Waals surface area contributed by atoms with E-state index >= 15 is 0 Å². The molecule has 5 nitrogen and oxygen atoms in total. The number of halogens is 2. The third kappa shape index (κ3) is 4.77. The Morgan fingerprint density at radius 3 is 2.26 bits per heavy atom. The van der Waals surface area contributed by atoms with Crippen LogP contribution in [0.25, 0.3) is 0 Å². The summed E-state index contributed by atoms with van der Waals surface area (Å²) >= 11 is 12.1. The van der Waals surface area contributed by atoms with E-state index in [2.05, 4.69) is 4.90 Å². The molecule has 1 atom stereocenters. The average Bonchev–Trinajstić information content (AvgIpc) is 2.77. The highest BCUT2D eigenvalue weighted by Crippen LogP contribution is 2.34. The van der Waals surface area contributed by atoms with Crippen molar-refractivity contribution in [3.63, 3.8) is 0 Å². The van der Waals surface area contributed by atoms with Crippen LogP contribution < -0.4 is 4.31 Å². The van der Waals surface area contributed by atoms with Gasteiger partial charge in [0, 0.05) is 25.6 Å². The van der Waals surface area contributed by atoms with Crippen LogP contribution in [0.4, 0.5) is 5.69 Å². The van der Waals surface area contributed by atoms with E-state index in [1.165, 1.54) is 22.5 Å². The molecule has 2 aliphatic rings. The first kappa shape index (κ1) is 22.6. The van der Waals surface area contributed by atoms with E-state index in [-0.39, 0.29) is 22.0 Å². The number of piperidine rings is 1. The van der Waals surface area contributed by atoms with Gasteiger partial charge >= 0.3 is 0 Å². The molecule has 8 heteroatoms. The molecule has 2 fully saturated rings. The predicted molar refractivity (Wildman–Crippen MR) is 124 cm³/mol. The number of hydrogen-bond acceptors (Lipinski definition) is 4. The molecule has 1 unspecified atom stereocenters. The number of rotatable bonds is 5. The summed E-state index contributed by atoms with van der Waals surface area (Å²) in [5, 5.41) is 0.527. The number of anilines is 1. The molecule has 4 rings (SSSR count). The molecular weight excluding hydrogens is 455 g/mol. The maximum Gasteiger partial charge on any atom is 0.264 e. The molecule has 1 aliphatic carbocycles. The van der Waals surface area contributed by atoms with Crippen LogP contribution in [-0.2, 0) is 14.8 Å². The predicted octanol–water partition coefficient (Wildman–Crippen LogP) is 5.16. The van der Waals surface area contributed by atoms with E-state index in [1.54, 1.807) is 0 Å². The first-order valence-corrected chi connectivity index (χ1v) is 12.9. The monoisotopic (exact) mass is 480 g/mol. The van der Waals surface area contributed by atoms with Crippen LogP contribution in [-0.4, -0.2) is 44.3 Å². The van der Waals surface area contributed by atoms with Gasteiger partial charge in [-0.15, -0.1) is 0 Å². The number of carbonyl (C=O) groups is 1. The molecule has 0 radical (unpaired) electrons. The van der Waals surface area contributed by atoms with Crippen molar-refractivity contribution in [1.82, 2.24) is 4.90 Å². The Morgan fingerprint density at radius 2 is 1.61 bits per heavy atom. The number of benzene rings is 2. The molecule has 0 spiro atoms. The highest BCUT2D eigenvalue weighted by Gasteiger charge is 2.37. The molecular formula is C23H26Cl2N2O3S. The van der Waals surface area contributed by atoms with Crippen molar-refractivity contribution >= 4 is 44.7 Å². The number of ketones is 1. The van der Waals surface area contributed by atoms with Gasteiger partial charge in [-0.25, -0.2) is 8.42 Å². The van der Waals surface area contributed by atoms with E-state index in [1.807, 2.05) is 30.3 Å². The second-order valence-electron chi connectivity index (χ2n) is 8.21. The van der Waals surface area contributed by atoms with E-state index in [4.69, 9.17) is 23.2 Å². The van der Waals surface area contributed by atoms with Crippen molar-refractivity contribution in [1.29, 1.82) is 0 Å². The number of likely N-dealkylation sites (tertiary alicyclic amines) is 1. The molecule has 0 aromatic heterocycles. The lowest BCUT2D eigenvalue weighted by Crippen LogP contribution is -2.52. The zero-order valence-corrected chi connectivity index (χ0v) is 19.5. The Labute approximate surface area is 194 Å². The fourth-order valence-corrected chi connectivity index (χ4v) is 6.75. The number of para-hydroxylation sites is 1. The van der Waals surface area contributed by atoms with Crippen LogP contribution in [0.15, 0.2) is 53.4 Å². The van der Waals surface area contributed by atoms with Gasteiger partial charge in [0.2, 0.25) is 0 Å². The molecule has 2 aromatic rings. The summed E-state index contributed by atoms with van der Waals surface area (Å²) in [4.78, 5) is 14.7. The van der Waals surface area contributed by atoms with Crippen molar-refractivity contribution in [2.45, 2.75) is 55.5 Å². The van der Waals surface area contributed by atoms with E-state index in [0.717, 1.165) is 19.3 Å². The van der Waals surface area contributed by atoms with E-state index < -0.39 is 10.0 Å². The Kier molecular flexibility index (Phi) is 6.92. The van der Waals surface area contributed by atoms with Crippen LogP contribution in [0.2, 0.25) is 10.0 Å². The Morgan fingerprint density at radius 1 is 0.903 bits per heavy atom. The van der Waals surface area contributed by atoms with Gasteiger partial charge in [-0.1, -0.05) is 47.8 Å². The highest BCUT2D eigenvalue weighted by atomic mass is 35.5. The SMILES string of the molecule is O=C1CCCCC1N1CCC(N(c2ccccc2)S(=O)(=O)c2ccc(Cl)c(Cl)c2)CC1. The summed E-state index contributed by atoms with van der Waals surface area (Å²) in [6, 6.07) is 13.4. The average molecular weight is 481 g/mol. The summed E-state index contributed by atoms with van der Waals surface area (Å²) in [7, 11) is -3.84. The summed E-state index contributed by atoms with van der Waals surface area (Å²) < 4.78 is 28.9. The van der Waals surface area contributed by atoms with Gasteiger partial charge < -0.3 is 0 Å². The lowest BCUT2D eigenvalue weighted by molar-refractivity contribution is -0.126. The second kappa shape index (κ2) is 9.49. The van der Waals surface area contributed by atoms with Gasteiger partial charge in [0.05, 0.1) is 26.7 Å². The molecule has 0 amide bonds. The van der Waals surface area contributed by atoms with Crippen LogP contribution in [0, 0.1) is 0 Å². The minimum Gasteiger partial charge on any atom is -0.298 e. The van der Waals surface area contributed by atoms with Gasteiger partial charge in [0.1, 0.15) is 5.78 Å². The maximum absolute atomic E-state index is 13.7. The smallest absolute Gasteiger partial charge is 0.264 e. The van der Waals surface area contributed by atoms with Crippen molar-refractivity contribution in [2.75, 3.05) is 17.4 Å². The number of nitrogens with zero attached hydrogens (tertiary/aromatic N) is 2. The Bertz CT molecular complexity index is 1040. The fourth-order valence-electron chi connectivity index (χ4n) is 4.65. The van der Waals surface area contributed by atoms with Crippen LogP contribution in [0.5, 0.6) is 0 Å². The van der Waals surface area contributed by atoms with Crippen molar-refractivity contribution in [2.24, 2.45) is 0 Å². The fraction of sp³-hybridized carbons (Fsp3) is 0.435. The van der Waals surface area contributed by atoms with Crippen molar-refractivity contribution in [3.05, 3.63) is 58.6 Å². The van der Waals surface area contributed by atoms with Crippen molar-refractivity contribution < 1.29 is 13.2 Å². The van der Waals surface area contributed by atoms with Crippen molar-refractivity contribution in [3.8, 4) is 0 Å². The highest BCUT2D eigenvalue weighted by molar-refractivity contribution is 7.92. The normalized spacial score (nSPS) is 21.2. The topological polar surface area (TPSA) is 57.7 Å². The molecule has 31 heavy (non-hydrogen) atoms. The third-order valence-corrected chi connectivity index (χ3v) is 8.87. The van der Waals surface area contributed by atoms with Gasteiger partial charge in [0.15, 0.2) is 0 Å². The first-order valence-electron chi connectivity index (χ1n) is 10.7. The van der Waals surface area contributed by atoms with Gasteiger partial charge in [-0.3, -0.25) is 14.0 Å². The molecule has 166 valence electrons. The molecule has 0 N–H and O–H groups in total. The quantitative estimate of drug-likeness (QED) is 0.592. The zero-order valence-electron chi connectivity index (χ0n) is 17.2. The zero-order chi connectivity index (χ0) is 22.0. The van der Waals surface area contributed by atoms with Crippen LogP contribution in [0.1, 0.15) is 38.5 Å². The molecule has 0 bridgehead atoms. The van der Waals surface area contributed by atoms with Gasteiger partial charge in [-0.05, 0) is 56.0 Å². The van der Waals surface area contributed by atoms with E-state index in [9.17, 15) is 13.2 Å². The van der Waals surface area contributed by atoms with E-state index in [0.29, 0.717) is 48.8 Å². The molecule has 1 saturated heterocycles. The lowest BCUT2D eigenvalue weighted by atomic mass is 9.91. The Balaban J connectivity index is 1.61. The summed E-state index contributed by atoms with van der Waals surface area (Å²) in [5.41, 5.74) is 0.626. The minimum atomic E-state index is -3.84. The summed E-state index contributed by atoms with van der Waals surface area (Å²) in [5.74, 6) is 0.327. The summed E-state index contributed by atoms with van der Waals surface area (Å²) in [6.45, 7) is 1.42. The number of hydrogen-bond donors (Lipinski definition) is 0. The first-order chi connectivity index (χ1) is 14.9. The molecule has 1 heterocycles. The van der Waals surface area contributed by atoms with Gasteiger partial charge in [-0.2, -0.15) is 0 Å². The van der Waals surface area contributed by atoms with Crippen LogP contribution in [0.3, 0.4) is 0 Å². The minimum absolute atomic E-state index is 0.00782. The third-order valence-electron chi connectivity index (χ3n) is 6.25. The number of Topliss-reactive ketones (excluding diaryl/α,β-unsaturated/α-hetero) is 1. The van der Waals surface area contributed by atoms with Crippen LogP contribution >= 0.6 is 23.2 Å². The lowest BCUT2D eigenvalue weighted by Gasteiger charge is -2.42. The second-order valence-corrected chi connectivity index (χ2v) is 10.8. The van der Waals surface area contributed by atoms with Gasteiger partial charge in [0.25, 0.3) is 10.0 Å². The largest absolute Gasteiger partial charge is 0.298 e. The molecule has 1 aliphatic heterocycles. The standard InChI is InChI=1S/C23H26Cl2N2O3S/c24-20-11-10-19(16-21(20)25)31(29,30)27(17-6-2-1-3-7-17)18-12-14-26(15-13-18)22-8-4-5-9-23(22)28/h1-3,6-7,10-11,16,18,22H,4-5,8-9,12-15H2. The number of sulfonamides is 1. The summed E-state index contributed by atoms with van der Waals surface area (Å²) in [6.07, 6.45) is 4.96. The maximum atomic E-state index is 13.7. The molecule has 1 saturated carbocycles. The Hall–Kier alpha value is -1.60.